The highest BCUT2D eigenvalue weighted by atomic mass is 35.5. The molecule has 0 aromatic heterocycles. The molecule has 0 radical (unpaired) electrons. The van der Waals surface area contributed by atoms with E-state index in [1.54, 1.807) is 24.3 Å². The number of ether oxygens (including phenoxy) is 1. The maximum absolute atomic E-state index is 11.8. The van der Waals surface area contributed by atoms with Crippen LogP contribution in [-0.4, -0.2) is 24.6 Å². The SMILES string of the molecule is C[C@@H]1CCCC[C@@H]1NC(=O)NC(=O)COc1cccc(Cl)c1. The van der Waals surface area contributed by atoms with E-state index in [-0.39, 0.29) is 12.6 Å². The van der Waals surface area contributed by atoms with Gasteiger partial charge in [0.15, 0.2) is 6.61 Å². The highest BCUT2D eigenvalue weighted by Crippen LogP contribution is 2.23. The zero-order chi connectivity index (χ0) is 15.9. The average Bonchev–Trinajstić information content (AvgIpc) is 2.47. The van der Waals surface area contributed by atoms with Gasteiger partial charge in [0.2, 0.25) is 0 Å². The van der Waals surface area contributed by atoms with E-state index in [0.29, 0.717) is 16.7 Å². The molecule has 1 aromatic rings. The lowest BCUT2D eigenvalue weighted by molar-refractivity contribution is -0.122. The smallest absolute Gasteiger partial charge is 0.321 e. The Morgan fingerprint density at radius 3 is 2.82 bits per heavy atom. The standard InChI is InChI=1S/C16H21ClN2O3/c1-11-5-2-3-8-14(11)18-16(21)19-15(20)10-22-13-7-4-6-12(17)9-13/h4,6-7,9,11,14H,2-3,5,8,10H2,1H3,(H2,18,19,20,21)/t11-,14+/m1/s1. The van der Waals surface area contributed by atoms with E-state index < -0.39 is 11.9 Å². The number of urea groups is 1. The fourth-order valence-corrected chi connectivity index (χ4v) is 2.78. The lowest BCUT2D eigenvalue weighted by Gasteiger charge is -2.29. The summed E-state index contributed by atoms with van der Waals surface area (Å²) in [4.78, 5) is 23.5. The molecular formula is C16H21ClN2O3. The van der Waals surface area contributed by atoms with Crippen molar-refractivity contribution in [3.63, 3.8) is 0 Å². The summed E-state index contributed by atoms with van der Waals surface area (Å²) in [6.45, 7) is 1.89. The molecule has 0 spiro atoms. The summed E-state index contributed by atoms with van der Waals surface area (Å²) in [5.74, 6) is 0.446. The van der Waals surface area contributed by atoms with E-state index in [1.165, 1.54) is 6.42 Å². The molecule has 3 amide bonds. The summed E-state index contributed by atoms with van der Waals surface area (Å²) >= 11 is 5.82. The molecule has 120 valence electrons. The van der Waals surface area contributed by atoms with Gasteiger partial charge in [0.1, 0.15) is 5.75 Å². The van der Waals surface area contributed by atoms with Crippen LogP contribution in [0.4, 0.5) is 4.79 Å². The van der Waals surface area contributed by atoms with Gasteiger partial charge >= 0.3 is 6.03 Å². The molecule has 1 saturated carbocycles. The molecular weight excluding hydrogens is 304 g/mol. The van der Waals surface area contributed by atoms with Crippen LogP contribution in [-0.2, 0) is 4.79 Å². The molecule has 6 heteroatoms. The van der Waals surface area contributed by atoms with Gasteiger partial charge in [-0.3, -0.25) is 10.1 Å². The monoisotopic (exact) mass is 324 g/mol. The largest absolute Gasteiger partial charge is 0.484 e. The second kappa shape index (κ2) is 8.03. The van der Waals surface area contributed by atoms with Crippen LogP contribution in [0.3, 0.4) is 0 Å². The van der Waals surface area contributed by atoms with Gasteiger partial charge in [0.25, 0.3) is 5.91 Å². The zero-order valence-corrected chi connectivity index (χ0v) is 13.4. The fourth-order valence-electron chi connectivity index (χ4n) is 2.60. The Hall–Kier alpha value is -1.75. The summed E-state index contributed by atoms with van der Waals surface area (Å²) in [7, 11) is 0. The number of hydrogen-bond acceptors (Lipinski definition) is 3. The summed E-state index contributed by atoms with van der Waals surface area (Å²) in [6, 6.07) is 6.43. The molecule has 0 bridgehead atoms. The number of benzene rings is 1. The molecule has 2 N–H and O–H groups in total. The number of rotatable bonds is 4. The molecule has 22 heavy (non-hydrogen) atoms. The Bertz CT molecular complexity index is 536. The van der Waals surface area contributed by atoms with Crippen molar-refractivity contribution in [2.24, 2.45) is 5.92 Å². The van der Waals surface area contributed by atoms with Crippen molar-refractivity contribution in [3.8, 4) is 5.75 Å². The van der Waals surface area contributed by atoms with Crippen molar-refractivity contribution in [3.05, 3.63) is 29.3 Å². The Labute approximate surface area is 135 Å². The Morgan fingerprint density at radius 1 is 1.32 bits per heavy atom. The van der Waals surface area contributed by atoms with Crippen molar-refractivity contribution in [2.45, 2.75) is 38.6 Å². The molecule has 1 aliphatic rings. The normalized spacial score (nSPS) is 21.0. The summed E-state index contributed by atoms with van der Waals surface area (Å²) < 4.78 is 5.28. The maximum Gasteiger partial charge on any atom is 0.321 e. The summed E-state index contributed by atoms with van der Waals surface area (Å²) in [6.07, 6.45) is 4.38. The number of carbonyl (C=O) groups excluding carboxylic acids is 2. The van der Waals surface area contributed by atoms with Gasteiger partial charge in [0.05, 0.1) is 0 Å². The number of nitrogens with one attached hydrogen (secondary N) is 2. The van der Waals surface area contributed by atoms with Gasteiger partial charge in [-0.05, 0) is 37.0 Å². The summed E-state index contributed by atoms with van der Waals surface area (Å²) in [5, 5.41) is 5.67. The van der Waals surface area contributed by atoms with Gasteiger partial charge in [-0.25, -0.2) is 4.79 Å². The lowest BCUT2D eigenvalue weighted by Crippen LogP contribution is -2.48. The van der Waals surface area contributed by atoms with Gasteiger partial charge < -0.3 is 10.1 Å². The van der Waals surface area contributed by atoms with Crippen LogP contribution >= 0.6 is 11.6 Å². The summed E-state index contributed by atoms with van der Waals surface area (Å²) in [5.41, 5.74) is 0. The predicted molar refractivity (Wildman–Crippen MR) is 85.0 cm³/mol. The Morgan fingerprint density at radius 2 is 2.09 bits per heavy atom. The highest BCUT2D eigenvalue weighted by Gasteiger charge is 2.23. The van der Waals surface area contributed by atoms with Gasteiger partial charge in [-0.1, -0.05) is 37.4 Å². The van der Waals surface area contributed by atoms with Crippen molar-refractivity contribution in [1.82, 2.24) is 10.6 Å². The predicted octanol–water partition coefficient (Wildman–Crippen LogP) is 3.12. The van der Waals surface area contributed by atoms with E-state index in [0.717, 1.165) is 19.3 Å². The van der Waals surface area contributed by atoms with E-state index in [4.69, 9.17) is 16.3 Å². The minimum absolute atomic E-state index is 0.135. The van der Waals surface area contributed by atoms with E-state index in [2.05, 4.69) is 17.6 Å². The van der Waals surface area contributed by atoms with Gasteiger partial charge in [-0.2, -0.15) is 0 Å². The molecule has 0 saturated heterocycles. The number of amides is 3. The highest BCUT2D eigenvalue weighted by molar-refractivity contribution is 6.30. The van der Waals surface area contributed by atoms with Crippen molar-refractivity contribution in [1.29, 1.82) is 0 Å². The van der Waals surface area contributed by atoms with Crippen molar-refractivity contribution >= 4 is 23.5 Å². The van der Waals surface area contributed by atoms with Crippen molar-refractivity contribution < 1.29 is 14.3 Å². The minimum atomic E-state index is -0.485. The molecule has 1 aliphatic carbocycles. The van der Waals surface area contributed by atoms with Crippen LogP contribution < -0.4 is 15.4 Å². The third kappa shape index (κ3) is 5.22. The van der Waals surface area contributed by atoms with Gasteiger partial charge in [-0.15, -0.1) is 0 Å². The quantitative estimate of drug-likeness (QED) is 0.894. The maximum atomic E-state index is 11.8. The Balaban J connectivity index is 1.73. The first-order valence-electron chi connectivity index (χ1n) is 7.53. The van der Waals surface area contributed by atoms with E-state index >= 15 is 0 Å². The van der Waals surface area contributed by atoms with E-state index in [1.807, 2.05) is 0 Å². The van der Waals surface area contributed by atoms with Crippen LogP contribution in [0, 0.1) is 5.92 Å². The molecule has 1 fully saturated rings. The topological polar surface area (TPSA) is 67.4 Å². The molecule has 0 heterocycles. The van der Waals surface area contributed by atoms with E-state index in [9.17, 15) is 9.59 Å². The number of halogens is 1. The molecule has 0 aliphatic heterocycles. The minimum Gasteiger partial charge on any atom is -0.484 e. The van der Waals surface area contributed by atoms with Crippen LogP contribution in [0.25, 0.3) is 0 Å². The molecule has 0 unspecified atom stereocenters. The number of imide groups is 1. The van der Waals surface area contributed by atoms with Crippen LogP contribution in [0.5, 0.6) is 5.75 Å². The van der Waals surface area contributed by atoms with Crippen LogP contribution in [0.2, 0.25) is 5.02 Å². The first kappa shape index (κ1) is 16.6. The first-order chi connectivity index (χ1) is 10.5. The lowest BCUT2D eigenvalue weighted by atomic mass is 9.86. The fraction of sp³-hybridized carbons (Fsp3) is 0.500. The van der Waals surface area contributed by atoms with Crippen LogP contribution in [0.15, 0.2) is 24.3 Å². The average molecular weight is 325 g/mol. The third-order valence-electron chi connectivity index (χ3n) is 3.85. The first-order valence-corrected chi connectivity index (χ1v) is 7.91. The molecule has 5 nitrogen and oxygen atoms in total. The zero-order valence-electron chi connectivity index (χ0n) is 12.6. The van der Waals surface area contributed by atoms with Gasteiger partial charge in [0, 0.05) is 11.1 Å². The molecule has 1 aromatic carbocycles. The number of carbonyl (C=O) groups is 2. The molecule has 2 rings (SSSR count). The third-order valence-corrected chi connectivity index (χ3v) is 4.08. The van der Waals surface area contributed by atoms with Crippen molar-refractivity contribution in [2.75, 3.05) is 6.61 Å². The van der Waals surface area contributed by atoms with Crippen LogP contribution in [0.1, 0.15) is 32.6 Å². The molecule has 2 atom stereocenters. The second-order valence-corrected chi connectivity index (χ2v) is 6.07. The number of hydrogen-bond donors (Lipinski definition) is 2. The second-order valence-electron chi connectivity index (χ2n) is 5.64. The Kier molecular flexibility index (Phi) is 6.07.